The summed E-state index contributed by atoms with van der Waals surface area (Å²) in [4.78, 5) is 15.5. The van der Waals surface area contributed by atoms with Crippen molar-refractivity contribution in [2.45, 2.75) is 33.3 Å². The van der Waals surface area contributed by atoms with Gasteiger partial charge in [-0.3, -0.25) is 4.79 Å². The number of ether oxygens (including phenoxy) is 1. The molecule has 0 spiro atoms. The zero-order valence-corrected chi connectivity index (χ0v) is 11.2. The van der Waals surface area contributed by atoms with Crippen molar-refractivity contribution in [3.63, 3.8) is 0 Å². The fourth-order valence-corrected chi connectivity index (χ4v) is 1.51. The van der Waals surface area contributed by atoms with Crippen molar-refractivity contribution in [3.8, 4) is 5.75 Å². The van der Waals surface area contributed by atoms with E-state index in [1.807, 2.05) is 13.8 Å². The highest BCUT2D eigenvalue weighted by atomic mass is 16.5. The van der Waals surface area contributed by atoms with E-state index in [4.69, 9.17) is 9.26 Å². The Morgan fingerprint density at radius 3 is 2.84 bits per heavy atom. The van der Waals surface area contributed by atoms with Crippen molar-refractivity contribution < 1.29 is 14.1 Å². The Labute approximate surface area is 111 Å². The topological polar surface area (TPSA) is 65.2 Å². The normalized spacial score (nSPS) is 10.7. The molecule has 0 aliphatic heterocycles. The molecule has 0 amide bonds. The van der Waals surface area contributed by atoms with E-state index in [1.165, 1.54) is 6.92 Å². The maximum absolute atomic E-state index is 11.3. The second-order valence-electron chi connectivity index (χ2n) is 4.57. The van der Waals surface area contributed by atoms with Crippen LogP contribution in [0.4, 0.5) is 0 Å². The monoisotopic (exact) mass is 260 g/mol. The Balaban J connectivity index is 2.01. The molecule has 0 fully saturated rings. The first-order valence-electron chi connectivity index (χ1n) is 6.12. The number of rotatable bonds is 5. The van der Waals surface area contributed by atoms with Crippen molar-refractivity contribution in [2.75, 3.05) is 0 Å². The molecule has 100 valence electrons. The van der Waals surface area contributed by atoms with E-state index in [0.29, 0.717) is 23.0 Å². The summed E-state index contributed by atoms with van der Waals surface area (Å²) in [5.74, 6) is 1.92. The highest BCUT2D eigenvalue weighted by Crippen LogP contribution is 2.16. The first-order valence-corrected chi connectivity index (χ1v) is 6.12. The minimum Gasteiger partial charge on any atom is -0.484 e. The SMILES string of the molecule is CC(=O)c1cccc(OCc2nc(C(C)C)no2)c1. The van der Waals surface area contributed by atoms with E-state index < -0.39 is 0 Å². The summed E-state index contributed by atoms with van der Waals surface area (Å²) in [5.41, 5.74) is 0.617. The Morgan fingerprint density at radius 1 is 1.42 bits per heavy atom. The lowest BCUT2D eigenvalue weighted by Crippen LogP contribution is -1.98. The number of hydrogen-bond donors (Lipinski definition) is 0. The lowest BCUT2D eigenvalue weighted by atomic mass is 10.1. The molecule has 0 atom stereocenters. The third-order valence-corrected chi connectivity index (χ3v) is 2.60. The molecule has 1 heterocycles. The minimum absolute atomic E-state index is 0.00494. The first kappa shape index (κ1) is 13.3. The van der Waals surface area contributed by atoms with Crippen LogP contribution in [0.5, 0.6) is 5.75 Å². The van der Waals surface area contributed by atoms with E-state index in [0.717, 1.165) is 0 Å². The van der Waals surface area contributed by atoms with E-state index in [9.17, 15) is 4.79 Å². The lowest BCUT2D eigenvalue weighted by Gasteiger charge is -2.04. The Hall–Kier alpha value is -2.17. The Morgan fingerprint density at radius 2 is 2.21 bits per heavy atom. The maximum Gasteiger partial charge on any atom is 0.264 e. The molecule has 5 heteroatoms. The van der Waals surface area contributed by atoms with Crippen LogP contribution < -0.4 is 4.74 Å². The predicted octanol–water partition coefficient (Wildman–Crippen LogP) is 2.97. The van der Waals surface area contributed by atoms with Gasteiger partial charge in [-0.1, -0.05) is 31.1 Å². The molecular weight excluding hydrogens is 244 g/mol. The zero-order chi connectivity index (χ0) is 13.8. The molecule has 19 heavy (non-hydrogen) atoms. The smallest absolute Gasteiger partial charge is 0.264 e. The molecule has 1 aromatic carbocycles. The molecule has 5 nitrogen and oxygen atoms in total. The van der Waals surface area contributed by atoms with Crippen LogP contribution in [0.3, 0.4) is 0 Å². The molecule has 2 aromatic rings. The standard InChI is InChI=1S/C14H16N2O3/c1-9(2)14-15-13(19-16-14)8-18-12-6-4-5-11(7-12)10(3)17/h4-7,9H,8H2,1-3H3. The molecule has 2 rings (SSSR count). The van der Waals surface area contributed by atoms with Crippen molar-refractivity contribution in [3.05, 3.63) is 41.5 Å². The van der Waals surface area contributed by atoms with Gasteiger partial charge in [0.05, 0.1) is 0 Å². The quantitative estimate of drug-likeness (QED) is 0.773. The molecule has 0 aliphatic carbocycles. The van der Waals surface area contributed by atoms with E-state index >= 15 is 0 Å². The van der Waals surface area contributed by atoms with E-state index in [2.05, 4.69) is 10.1 Å². The first-order chi connectivity index (χ1) is 9.06. The third-order valence-electron chi connectivity index (χ3n) is 2.60. The van der Waals surface area contributed by atoms with Gasteiger partial charge in [0.1, 0.15) is 5.75 Å². The van der Waals surface area contributed by atoms with Crippen LogP contribution in [0.15, 0.2) is 28.8 Å². The average Bonchev–Trinajstić information content (AvgIpc) is 2.85. The second kappa shape index (κ2) is 5.65. The molecule has 0 saturated carbocycles. The number of aromatic nitrogens is 2. The Kier molecular flexibility index (Phi) is 3.94. The molecule has 0 N–H and O–H groups in total. The van der Waals surface area contributed by atoms with Crippen LogP contribution >= 0.6 is 0 Å². The number of carbonyl (C=O) groups is 1. The van der Waals surface area contributed by atoms with Crippen LogP contribution in [0.2, 0.25) is 0 Å². The lowest BCUT2D eigenvalue weighted by molar-refractivity contribution is 0.101. The van der Waals surface area contributed by atoms with Crippen LogP contribution in [-0.2, 0) is 6.61 Å². The van der Waals surface area contributed by atoms with Crippen LogP contribution in [0, 0.1) is 0 Å². The van der Waals surface area contributed by atoms with Gasteiger partial charge in [0.2, 0.25) is 0 Å². The summed E-state index contributed by atoms with van der Waals surface area (Å²) in [6.45, 7) is 5.70. The number of hydrogen-bond acceptors (Lipinski definition) is 5. The van der Waals surface area contributed by atoms with Crippen LogP contribution in [-0.4, -0.2) is 15.9 Å². The van der Waals surface area contributed by atoms with E-state index in [-0.39, 0.29) is 18.3 Å². The maximum atomic E-state index is 11.3. The van der Waals surface area contributed by atoms with Crippen molar-refractivity contribution in [2.24, 2.45) is 0 Å². The summed E-state index contributed by atoms with van der Waals surface area (Å²) < 4.78 is 10.6. The number of ketones is 1. The van der Waals surface area contributed by atoms with Gasteiger partial charge in [-0.05, 0) is 19.1 Å². The summed E-state index contributed by atoms with van der Waals surface area (Å²) in [7, 11) is 0. The summed E-state index contributed by atoms with van der Waals surface area (Å²) in [6, 6.07) is 7.01. The number of benzene rings is 1. The molecule has 0 bridgehead atoms. The zero-order valence-electron chi connectivity index (χ0n) is 11.2. The molecule has 0 aliphatic rings. The molecule has 1 aromatic heterocycles. The van der Waals surface area contributed by atoms with E-state index in [1.54, 1.807) is 24.3 Å². The summed E-state index contributed by atoms with van der Waals surface area (Å²) in [5, 5.41) is 3.85. The van der Waals surface area contributed by atoms with Gasteiger partial charge in [0, 0.05) is 11.5 Å². The molecule has 0 saturated heterocycles. The molecule has 0 radical (unpaired) electrons. The average molecular weight is 260 g/mol. The van der Waals surface area contributed by atoms with Gasteiger partial charge >= 0.3 is 0 Å². The fraction of sp³-hybridized carbons (Fsp3) is 0.357. The summed E-state index contributed by atoms with van der Waals surface area (Å²) >= 11 is 0. The number of Topliss-reactive ketones (excluding diaryl/α,β-unsaturated/α-hetero) is 1. The third kappa shape index (κ3) is 3.40. The number of nitrogens with zero attached hydrogens (tertiary/aromatic N) is 2. The van der Waals surface area contributed by atoms with Gasteiger partial charge in [-0.2, -0.15) is 4.98 Å². The van der Waals surface area contributed by atoms with Gasteiger partial charge in [0.25, 0.3) is 5.89 Å². The predicted molar refractivity (Wildman–Crippen MR) is 69.2 cm³/mol. The second-order valence-corrected chi connectivity index (χ2v) is 4.57. The molecule has 0 unspecified atom stereocenters. The van der Waals surface area contributed by atoms with Gasteiger partial charge in [-0.15, -0.1) is 0 Å². The van der Waals surface area contributed by atoms with Gasteiger partial charge < -0.3 is 9.26 Å². The highest BCUT2D eigenvalue weighted by molar-refractivity contribution is 5.94. The minimum atomic E-state index is 0.00494. The van der Waals surface area contributed by atoms with Crippen LogP contribution in [0.1, 0.15) is 48.8 Å². The number of carbonyl (C=O) groups excluding carboxylic acids is 1. The molecular formula is C14H16N2O3. The van der Waals surface area contributed by atoms with Gasteiger partial charge in [0.15, 0.2) is 18.2 Å². The highest BCUT2D eigenvalue weighted by Gasteiger charge is 2.10. The van der Waals surface area contributed by atoms with Crippen molar-refractivity contribution >= 4 is 5.78 Å². The van der Waals surface area contributed by atoms with Crippen LogP contribution in [0.25, 0.3) is 0 Å². The van der Waals surface area contributed by atoms with Gasteiger partial charge in [-0.25, -0.2) is 0 Å². The van der Waals surface area contributed by atoms with Crippen molar-refractivity contribution in [1.82, 2.24) is 10.1 Å². The Bertz CT molecular complexity index is 576. The fourth-order valence-electron chi connectivity index (χ4n) is 1.51. The largest absolute Gasteiger partial charge is 0.484 e. The summed E-state index contributed by atoms with van der Waals surface area (Å²) in [6.07, 6.45) is 0. The van der Waals surface area contributed by atoms with Crippen molar-refractivity contribution in [1.29, 1.82) is 0 Å².